The third-order valence-corrected chi connectivity index (χ3v) is 8.63. The lowest BCUT2D eigenvalue weighted by Gasteiger charge is -2.51. The Morgan fingerprint density at radius 1 is 0.675 bits per heavy atom. The van der Waals surface area contributed by atoms with Gasteiger partial charge in [0.25, 0.3) is 0 Å². The lowest BCUT2D eigenvalue weighted by atomic mass is 9.78. The molecule has 2 N–H and O–H groups in total. The van der Waals surface area contributed by atoms with Crippen molar-refractivity contribution in [2.45, 2.75) is 177 Å². The van der Waals surface area contributed by atoms with Crippen LogP contribution in [0.15, 0.2) is 0 Å². The van der Waals surface area contributed by atoms with Crippen molar-refractivity contribution in [3.63, 3.8) is 0 Å². The first-order chi connectivity index (χ1) is 17.7. The third kappa shape index (κ3) is 10.00. The zero-order chi connectivity index (χ0) is 31.1. The van der Waals surface area contributed by atoms with Gasteiger partial charge in [0.1, 0.15) is 0 Å². The first-order valence-electron chi connectivity index (χ1n) is 15.9. The van der Waals surface area contributed by atoms with Crippen LogP contribution in [0, 0.1) is 16.7 Å². The molecule has 0 bridgehead atoms. The van der Waals surface area contributed by atoms with Crippen molar-refractivity contribution in [1.29, 1.82) is 0 Å². The quantitative estimate of drug-likeness (QED) is 0.343. The maximum Gasteiger partial charge on any atom is 0.228 e. The Morgan fingerprint density at radius 2 is 1.00 bits per heavy atom. The largest absolute Gasteiger partial charge is 0.339 e. The molecule has 6 heteroatoms. The van der Waals surface area contributed by atoms with Crippen molar-refractivity contribution in [2.24, 2.45) is 16.7 Å². The predicted molar refractivity (Wildman–Crippen MR) is 169 cm³/mol. The SMILES string of the molecule is CC(CCCN(C(=O)C(C)(C)C)C1CC(C)(C)NC(C)(C)C1)CN(C(=O)C(C)(C)C)C1CC(C)(C)NC(C)(C)C1. The van der Waals surface area contributed by atoms with Crippen LogP contribution in [-0.4, -0.2) is 68.9 Å². The normalized spacial score (nSPS) is 23.9. The molecular formula is C34H66N4O2. The van der Waals surface area contributed by atoms with Crippen LogP contribution in [0.3, 0.4) is 0 Å². The first kappa shape index (κ1) is 35.1. The highest BCUT2D eigenvalue weighted by atomic mass is 16.2. The summed E-state index contributed by atoms with van der Waals surface area (Å²) in [5.41, 5.74) is -0.883. The van der Waals surface area contributed by atoms with Gasteiger partial charge < -0.3 is 20.4 Å². The maximum absolute atomic E-state index is 13.8. The highest BCUT2D eigenvalue weighted by molar-refractivity contribution is 5.82. The molecule has 0 spiro atoms. The predicted octanol–water partition coefficient (Wildman–Crippen LogP) is 6.77. The van der Waals surface area contributed by atoms with E-state index in [1.54, 1.807) is 0 Å². The maximum atomic E-state index is 13.8. The molecular weight excluding hydrogens is 496 g/mol. The Balaban J connectivity index is 2.18. The highest BCUT2D eigenvalue weighted by Gasteiger charge is 2.44. The van der Waals surface area contributed by atoms with Crippen LogP contribution in [0.1, 0.15) is 142 Å². The molecule has 0 radical (unpaired) electrons. The summed E-state index contributed by atoms with van der Waals surface area (Å²) in [6.07, 6.45) is 5.79. The fraction of sp³-hybridized carbons (Fsp3) is 0.941. The average molecular weight is 563 g/mol. The van der Waals surface area contributed by atoms with E-state index in [-0.39, 0.29) is 46.1 Å². The number of rotatable bonds is 8. The monoisotopic (exact) mass is 563 g/mol. The van der Waals surface area contributed by atoms with Crippen LogP contribution in [0.25, 0.3) is 0 Å². The Morgan fingerprint density at radius 3 is 1.35 bits per heavy atom. The van der Waals surface area contributed by atoms with Crippen LogP contribution < -0.4 is 10.6 Å². The zero-order valence-corrected chi connectivity index (χ0v) is 29.1. The number of amides is 2. The summed E-state index contributed by atoms with van der Waals surface area (Å²) in [7, 11) is 0. The molecule has 2 fully saturated rings. The minimum atomic E-state index is -0.413. The minimum absolute atomic E-state index is 0.0135. The van der Waals surface area contributed by atoms with Crippen LogP contribution in [0.5, 0.6) is 0 Å². The van der Waals surface area contributed by atoms with E-state index in [1.807, 2.05) is 41.5 Å². The number of carbonyl (C=O) groups is 2. The fourth-order valence-electron chi connectivity index (χ4n) is 7.72. The van der Waals surface area contributed by atoms with Crippen molar-refractivity contribution in [3.8, 4) is 0 Å². The standard InChI is InChI=1S/C34H66N4O2/c1-24(23-38(28(40)30(5,6)7)26-21-33(12,13)36-34(14,15)22-26)17-16-18-37(27(39)29(2,3)4)25-19-31(8,9)35-32(10,11)20-25/h24-26,35-36H,16-23H2,1-15H3. The number of hydrogen-bond donors (Lipinski definition) is 2. The lowest BCUT2D eigenvalue weighted by molar-refractivity contribution is -0.144. The molecule has 0 aromatic rings. The summed E-state index contributed by atoms with van der Waals surface area (Å²) < 4.78 is 0. The van der Waals surface area contributed by atoms with Crippen LogP contribution in [0.4, 0.5) is 0 Å². The zero-order valence-electron chi connectivity index (χ0n) is 29.1. The van der Waals surface area contributed by atoms with E-state index in [0.717, 1.165) is 51.6 Å². The Labute approximate surface area is 248 Å². The summed E-state index contributed by atoms with van der Waals surface area (Å²) in [6.45, 7) is 34.1. The van der Waals surface area contributed by atoms with Gasteiger partial charge in [-0.25, -0.2) is 0 Å². The van der Waals surface area contributed by atoms with E-state index >= 15 is 0 Å². The molecule has 0 aromatic carbocycles. The second kappa shape index (κ2) is 11.9. The number of nitrogens with zero attached hydrogens (tertiary/aromatic N) is 2. The molecule has 2 aliphatic rings. The summed E-state index contributed by atoms with van der Waals surface area (Å²) in [6, 6.07) is 0.449. The number of hydrogen-bond acceptors (Lipinski definition) is 4. The smallest absolute Gasteiger partial charge is 0.228 e. The van der Waals surface area contributed by atoms with Gasteiger partial charge in [-0.05, 0) is 99.8 Å². The van der Waals surface area contributed by atoms with E-state index in [2.05, 4.69) is 82.7 Å². The van der Waals surface area contributed by atoms with E-state index in [1.165, 1.54) is 0 Å². The molecule has 0 aromatic heterocycles. The third-order valence-electron chi connectivity index (χ3n) is 8.63. The van der Waals surface area contributed by atoms with Crippen LogP contribution in [0.2, 0.25) is 0 Å². The average Bonchev–Trinajstić information content (AvgIpc) is 2.68. The van der Waals surface area contributed by atoms with Gasteiger partial charge in [0.05, 0.1) is 0 Å². The molecule has 2 amide bonds. The van der Waals surface area contributed by atoms with Crippen molar-refractivity contribution in [2.75, 3.05) is 13.1 Å². The molecule has 0 aliphatic carbocycles. The van der Waals surface area contributed by atoms with Gasteiger partial charge in [0, 0.05) is 58.2 Å². The van der Waals surface area contributed by atoms with Gasteiger partial charge in [-0.15, -0.1) is 0 Å². The number of piperidine rings is 2. The topological polar surface area (TPSA) is 64.7 Å². The lowest BCUT2D eigenvalue weighted by Crippen LogP contribution is -2.64. The molecule has 6 nitrogen and oxygen atoms in total. The summed E-state index contributed by atoms with van der Waals surface area (Å²) >= 11 is 0. The fourth-order valence-corrected chi connectivity index (χ4v) is 7.72. The van der Waals surface area contributed by atoms with Crippen molar-refractivity contribution in [3.05, 3.63) is 0 Å². The second-order valence-electron chi connectivity index (χ2n) is 18.1. The van der Waals surface area contributed by atoms with Gasteiger partial charge in [-0.2, -0.15) is 0 Å². The second-order valence-corrected chi connectivity index (χ2v) is 18.1. The van der Waals surface area contributed by atoms with Crippen molar-refractivity contribution in [1.82, 2.24) is 20.4 Å². The van der Waals surface area contributed by atoms with Gasteiger partial charge in [-0.3, -0.25) is 9.59 Å². The number of nitrogens with one attached hydrogen (secondary N) is 2. The molecule has 40 heavy (non-hydrogen) atoms. The summed E-state index contributed by atoms with van der Waals surface area (Å²) in [5, 5.41) is 7.56. The minimum Gasteiger partial charge on any atom is -0.339 e. The molecule has 1 unspecified atom stereocenters. The van der Waals surface area contributed by atoms with Gasteiger partial charge in [-0.1, -0.05) is 48.5 Å². The Hall–Kier alpha value is -1.14. The molecule has 2 saturated heterocycles. The van der Waals surface area contributed by atoms with Crippen LogP contribution >= 0.6 is 0 Å². The molecule has 0 saturated carbocycles. The molecule has 1 atom stereocenters. The van der Waals surface area contributed by atoms with E-state index in [0.29, 0.717) is 5.92 Å². The summed E-state index contributed by atoms with van der Waals surface area (Å²) in [5.74, 6) is 0.865. The Bertz CT molecular complexity index is 859. The van der Waals surface area contributed by atoms with Gasteiger partial charge >= 0.3 is 0 Å². The highest BCUT2D eigenvalue weighted by Crippen LogP contribution is 2.36. The first-order valence-corrected chi connectivity index (χ1v) is 15.9. The molecule has 2 heterocycles. The van der Waals surface area contributed by atoms with E-state index < -0.39 is 10.8 Å². The van der Waals surface area contributed by atoms with Gasteiger partial charge in [0.15, 0.2) is 0 Å². The summed E-state index contributed by atoms with van der Waals surface area (Å²) in [4.78, 5) is 31.9. The molecule has 2 rings (SSSR count). The number of carbonyl (C=O) groups excluding carboxylic acids is 2. The molecule has 2 aliphatic heterocycles. The van der Waals surface area contributed by atoms with Crippen molar-refractivity contribution >= 4 is 11.8 Å². The van der Waals surface area contributed by atoms with Crippen molar-refractivity contribution < 1.29 is 9.59 Å². The van der Waals surface area contributed by atoms with E-state index in [9.17, 15) is 9.59 Å². The van der Waals surface area contributed by atoms with Crippen LogP contribution in [-0.2, 0) is 9.59 Å². The van der Waals surface area contributed by atoms with Gasteiger partial charge in [0.2, 0.25) is 11.8 Å². The van der Waals surface area contributed by atoms with E-state index in [4.69, 9.17) is 0 Å². The Kier molecular flexibility index (Phi) is 10.4. The molecule has 234 valence electrons.